The highest BCUT2D eigenvalue weighted by Crippen LogP contribution is 2.19. The SMILES string of the molecule is CNc1cc(C)nc(-c2cccc(C(=O)NCCCOC(C)C)c2)n1. The molecule has 0 saturated heterocycles. The third kappa shape index (κ3) is 5.83. The summed E-state index contributed by atoms with van der Waals surface area (Å²) >= 11 is 0. The Hall–Kier alpha value is -2.47. The predicted molar refractivity (Wildman–Crippen MR) is 99.8 cm³/mol. The van der Waals surface area contributed by atoms with Crippen LogP contribution < -0.4 is 10.6 Å². The zero-order chi connectivity index (χ0) is 18.2. The first-order valence-corrected chi connectivity index (χ1v) is 8.53. The standard InChI is InChI=1S/C19H26N4O2/c1-13(2)25-10-6-9-21-19(24)16-8-5-7-15(12-16)18-22-14(3)11-17(20-4)23-18/h5,7-8,11-13H,6,9-10H2,1-4H3,(H,21,24)(H,20,22,23). The molecule has 1 heterocycles. The summed E-state index contributed by atoms with van der Waals surface area (Å²) in [5.74, 6) is 1.25. The molecule has 0 aliphatic rings. The molecule has 0 radical (unpaired) electrons. The first kappa shape index (κ1) is 18.9. The summed E-state index contributed by atoms with van der Waals surface area (Å²) in [7, 11) is 1.82. The minimum Gasteiger partial charge on any atom is -0.379 e. The van der Waals surface area contributed by atoms with Gasteiger partial charge in [-0.2, -0.15) is 0 Å². The third-order valence-electron chi connectivity index (χ3n) is 3.55. The molecule has 0 unspecified atom stereocenters. The molecule has 25 heavy (non-hydrogen) atoms. The van der Waals surface area contributed by atoms with E-state index in [1.165, 1.54) is 0 Å². The summed E-state index contributed by atoms with van der Waals surface area (Å²) < 4.78 is 5.47. The number of ether oxygens (including phenoxy) is 1. The molecule has 0 fully saturated rings. The molecule has 2 rings (SSSR count). The van der Waals surface area contributed by atoms with Crippen molar-refractivity contribution < 1.29 is 9.53 Å². The second-order valence-electron chi connectivity index (χ2n) is 6.08. The Morgan fingerprint density at radius 2 is 2.04 bits per heavy atom. The van der Waals surface area contributed by atoms with E-state index in [1.807, 2.05) is 52.1 Å². The van der Waals surface area contributed by atoms with Gasteiger partial charge in [0.15, 0.2) is 5.82 Å². The van der Waals surface area contributed by atoms with Gasteiger partial charge >= 0.3 is 0 Å². The fraction of sp³-hybridized carbons (Fsp3) is 0.421. The molecule has 1 amide bonds. The van der Waals surface area contributed by atoms with Crippen molar-refractivity contribution >= 4 is 11.7 Å². The number of nitrogens with one attached hydrogen (secondary N) is 2. The zero-order valence-electron chi connectivity index (χ0n) is 15.3. The molecule has 0 aliphatic carbocycles. The van der Waals surface area contributed by atoms with E-state index in [1.54, 1.807) is 6.07 Å². The van der Waals surface area contributed by atoms with E-state index in [-0.39, 0.29) is 12.0 Å². The highest BCUT2D eigenvalue weighted by molar-refractivity contribution is 5.95. The van der Waals surface area contributed by atoms with E-state index in [9.17, 15) is 4.79 Å². The van der Waals surface area contributed by atoms with Crippen LogP contribution in [0, 0.1) is 6.92 Å². The van der Waals surface area contributed by atoms with Crippen molar-refractivity contribution in [2.24, 2.45) is 0 Å². The minimum atomic E-state index is -0.104. The van der Waals surface area contributed by atoms with Crippen molar-refractivity contribution in [3.8, 4) is 11.4 Å². The Kier molecular flexibility index (Phi) is 6.89. The number of rotatable bonds is 8. The van der Waals surface area contributed by atoms with Crippen LogP contribution in [0.2, 0.25) is 0 Å². The highest BCUT2D eigenvalue weighted by atomic mass is 16.5. The average Bonchev–Trinajstić information content (AvgIpc) is 2.60. The number of hydrogen-bond donors (Lipinski definition) is 2. The summed E-state index contributed by atoms with van der Waals surface area (Å²) in [6.07, 6.45) is 1.00. The Bertz CT molecular complexity index is 716. The molecular formula is C19H26N4O2. The Labute approximate surface area is 149 Å². The van der Waals surface area contributed by atoms with Crippen LogP contribution in [0.25, 0.3) is 11.4 Å². The summed E-state index contributed by atoms with van der Waals surface area (Å²) in [6, 6.07) is 9.23. The normalized spacial score (nSPS) is 10.8. The number of nitrogens with zero attached hydrogens (tertiary/aromatic N) is 2. The van der Waals surface area contributed by atoms with Crippen molar-refractivity contribution in [2.75, 3.05) is 25.5 Å². The maximum absolute atomic E-state index is 12.3. The van der Waals surface area contributed by atoms with Crippen molar-refractivity contribution in [1.82, 2.24) is 15.3 Å². The molecule has 134 valence electrons. The van der Waals surface area contributed by atoms with Crippen LogP contribution in [0.15, 0.2) is 30.3 Å². The van der Waals surface area contributed by atoms with Gasteiger partial charge in [-0.15, -0.1) is 0 Å². The average molecular weight is 342 g/mol. The maximum Gasteiger partial charge on any atom is 0.251 e. The van der Waals surface area contributed by atoms with Gasteiger partial charge in [-0.1, -0.05) is 12.1 Å². The van der Waals surface area contributed by atoms with Crippen LogP contribution in [0.1, 0.15) is 36.3 Å². The maximum atomic E-state index is 12.3. The first-order chi connectivity index (χ1) is 12.0. The van der Waals surface area contributed by atoms with E-state index in [2.05, 4.69) is 20.6 Å². The van der Waals surface area contributed by atoms with E-state index in [0.717, 1.165) is 23.5 Å². The van der Waals surface area contributed by atoms with Crippen LogP contribution in [-0.4, -0.2) is 42.2 Å². The van der Waals surface area contributed by atoms with Gasteiger partial charge in [0, 0.05) is 43.1 Å². The first-order valence-electron chi connectivity index (χ1n) is 8.53. The number of aromatic nitrogens is 2. The second kappa shape index (κ2) is 9.13. The smallest absolute Gasteiger partial charge is 0.251 e. The molecule has 2 N–H and O–H groups in total. The van der Waals surface area contributed by atoms with Crippen molar-refractivity contribution in [1.29, 1.82) is 0 Å². The van der Waals surface area contributed by atoms with Crippen LogP contribution in [-0.2, 0) is 4.74 Å². The molecule has 2 aromatic rings. The largest absolute Gasteiger partial charge is 0.379 e. The van der Waals surface area contributed by atoms with Gasteiger partial charge in [0.2, 0.25) is 0 Å². The van der Waals surface area contributed by atoms with Gasteiger partial charge in [0.25, 0.3) is 5.91 Å². The van der Waals surface area contributed by atoms with Crippen LogP contribution in [0.5, 0.6) is 0 Å². The van der Waals surface area contributed by atoms with Gasteiger partial charge in [-0.25, -0.2) is 9.97 Å². The van der Waals surface area contributed by atoms with Gasteiger partial charge in [0.05, 0.1) is 6.10 Å². The van der Waals surface area contributed by atoms with Gasteiger partial charge in [0.1, 0.15) is 5.82 Å². The van der Waals surface area contributed by atoms with E-state index in [0.29, 0.717) is 24.5 Å². The third-order valence-corrected chi connectivity index (χ3v) is 3.55. The lowest BCUT2D eigenvalue weighted by atomic mass is 10.1. The molecule has 0 atom stereocenters. The van der Waals surface area contributed by atoms with E-state index < -0.39 is 0 Å². The quantitative estimate of drug-likeness (QED) is 0.721. The Morgan fingerprint density at radius 3 is 2.76 bits per heavy atom. The number of benzene rings is 1. The molecule has 1 aromatic carbocycles. The van der Waals surface area contributed by atoms with Gasteiger partial charge < -0.3 is 15.4 Å². The molecule has 6 nitrogen and oxygen atoms in total. The molecule has 1 aromatic heterocycles. The van der Waals surface area contributed by atoms with Gasteiger partial charge in [-0.3, -0.25) is 4.79 Å². The molecule has 0 spiro atoms. The number of carbonyl (C=O) groups excluding carboxylic acids is 1. The van der Waals surface area contributed by atoms with Crippen molar-refractivity contribution in [2.45, 2.75) is 33.3 Å². The lowest BCUT2D eigenvalue weighted by molar-refractivity contribution is 0.0757. The molecule has 6 heteroatoms. The summed E-state index contributed by atoms with van der Waals surface area (Å²) in [4.78, 5) is 21.2. The van der Waals surface area contributed by atoms with Gasteiger partial charge in [-0.05, 0) is 39.3 Å². The summed E-state index contributed by atoms with van der Waals surface area (Å²) in [5, 5.41) is 5.93. The highest BCUT2D eigenvalue weighted by Gasteiger charge is 2.09. The molecular weight excluding hydrogens is 316 g/mol. The Balaban J connectivity index is 2.03. The fourth-order valence-corrected chi connectivity index (χ4v) is 2.32. The van der Waals surface area contributed by atoms with E-state index in [4.69, 9.17) is 4.74 Å². The minimum absolute atomic E-state index is 0.104. The monoisotopic (exact) mass is 342 g/mol. The van der Waals surface area contributed by atoms with Crippen molar-refractivity contribution in [3.05, 3.63) is 41.6 Å². The van der Waals surface area contributed by atoms with Crippen LogP contribution in [0.3, 0.4) is 0 Å². The summed E-state index contributed by atoms with van der Waals surface area (Å²) in [5.41, 5.74) is 2.28. The number of amides is 1. The number of anilines is 1. The molecule has 0 bridgehead atoms. The second-order valence-corrected chi connectivity index (χ2v) is 6.08. The number of hydrogen-bond acceptors (Lipinski definition) is 5. The Morgan fingerprint density at radius 1 is 1.24 bits per heavy atom. The molecule has 0 saturated carbocycles. The lowest BCUT2D eigenvalue weighted by Gasteiger charge is -2.09. The molecule has 0 aliphatic heterocycles. The number of carbonyl (C=O) groups is 1. The topological polar surface area (TPSA) is 76.1 Å². The lowest BCUT2D eigenvalue weighted by Crippen LogP contribution is -2.25. The van der Waals surface area contributed by atoms with Crippen molar-refractivity contribution in [3.63, 3.8) is 0 Å². The zero-order valence-corrected chi connectivity index (χ0v) is 15.3. The fourth-order valence-electron chi connectivity index (χ4n) is 2.32. The van der Waals surface area contributed by atoms with Crippen LogP contribution in [0.4, 0.5) is 5.82 Å². The number of aryl methyl sites for hydroxylation is 1. The predicted octanol–water partition coefficient (Wildman–Crippen LogP) is 3.04. The van der Waals surface area contributed by atoms with Crippen LogP contribution >= 0.6 is 0 Å². The summed E-state index contributed by atoms with van der Waals surface area (Å²) in [6.45, 7) is 7.14. The van der Waals surface area contributed by atoms with E-state index >= 15 is 0 Å².